The fourth-order valence-electron chi connectivity index (χ4n) is 1.86. The first-order valence-electron chi connectivity index (χ1n) is 6.60. The number of rotatable bonds is 8. The normalized spacial score (nSPS) is 14.7. The van der Waals surface area contributed by atoms with Gasteiger partial charge in [-0.2, -0.15) is 4.98 Å². The van der Waals surface area contributed by atoms with Crippen LogP contribution < -0.4 is 10.1 Å². The highest BCUT2D eigenvalue weighted by Gasteiger charge is 2.25. The summed E-state index contributed by atoms with van der Waals surface area (Å²) >= 11 is 0. The summed E-state index contributed by atoms with van der Waals surface area (Å²) in [7, 11) is 5.58. The second kappa shape index (κ2) is 6.68. The van der Waals surface area contributed by atoms with Crippen molar-refractivity contribution in [1.29, 1.82) is 0 Å². The van der Waals surface area contributed by atoms with E-state index in [1.165, 1.54) is 12.8 Å². The number of methoxy groups -OCH3 is 1. The van der Waals surface area contributed by atoms with Crippen molar-refractivity contribution >= 4 is 5.82 Å². The lowest BCUT2D eigenvalue weighted by molar-refractivity contribution is 0.175. The van der Waals surface area contributed by atoms with E-state index in [-0.39, 0.29) is 0 Å². The van der Waals surface area contributed by atoms with Gasteiger partial charge in [-0.15, -0.1) is 0 Å². The minimum absolute atomic E-state index is 0.383. The smallest absolute Gasteiger partial charge is 0.218 e. The van der Waals surface area contributed by atoms with Crippen molar-refractivity contribution in [3.05, 3.63) is 11.9 Å². The first-order valence-corrected chi connectivity index (χ1v) is 6.60. The summed E-state index contributed by atoms with van der Waals surface area (Å²) in [4.78, 5) is 10.9. The summed E-state index contributed by atoms with van der Waals surface area (Å²) in [5.41, 5.74) is 0. The molecule has 0 spiro atoms. The molecule has 0 atom stereocenters. The van der Waals surface area contributed by atoms with Gasteiger partial charge in [-0.3, -0.25) is 0 Å². The number of anilines is 1. The highest BCUT2D eigenvalue weighted by atomic mass is 16.5. The number of hydrogen-bond donors (Lipinski definition) is 1. The third kappa shape index (κ3) is 4.33. The van der Waals surface area contributed by atoms with Crippen molar-refractivity contribution in [3.8, 4) is 5.88 Å². The summed E-state index contributed by atoms with van der Waals surface area (Å²) in [5.74, 6) is 1.96. The van der Waals surface area contributed by atoms with Crippen molar-refractivity contribution in [1.82, 2.24) is 14.9 Å². The summed E-state index contributed by atoms with van der Waals surface area (Å²) in [6.07, 6.45) is 2.62. The van der Waals surface area contributed by atoms with Gasteiger partial charge in [-0.1, -0.05) is 0 Å². The number of hydrogen-bond acceptors (Lipinski definition) is 6. The topological polar surface area (TPSA) is 59.5 Å². The maximum atomic E-state index is 5.70. The molecule has 0 unspecified atom stereocenters. The van der Waals surface area contributed by atoms with E-state index in [0.717, 1.165) is 18.4 Å². The average molecular weight is 266 g/mol. The summed E-state index contributed by atoms with van der Waals surface area (Å²) in [6.45, 7) is 1.94. The summed E-state index contributed by atoms with van der Waals surface area (Å²) in [6, 6.07) is 2.56. The second-order valence-electron chi connectivity index (χ2n) is 4.75. The first-order chi connectivity index (χ1) is 9.22. The van der Waals surface area contributed by atoms with Crippen LogP contribution in [0.4, 0.5) is 5.82 Å². The lowest BCUT2D eigenvalue weighted by atomic mass is 10.5. The van der Waals surface area contributed by atoms with E-state index in [0.29, 0.717) is 24.9 Å². The molecule has 0 bridgehead atoms. The molecule has 1 aliphatic carbocycles. The SMILES string of the molecule is CNc1cc(OCCN(C)C2CC2)nc(COC)n1. The van der Waals surface area contributed by atoms with Gasteiger partial charge in [0.1, 0.15) is 19.0 Å². The molecule has 6 heteroatoms. The third-order valence-electron chi connectivity index (χ3n) is 3.14. The molecule has 0 aromatic carbocycles. The molecule has 1 aliphatic rings. The lowest BCUT2D eigenvalue weighted by Crippen LogP contribution is -2.26. The van der Waals surface area contributed by atoms with Crippen molar-refractivity contribution < 1.29 is 9.47 Å². The van der Waals surface area contributed by atoms with E-state index >= 15 is 0 Å². The molecule has 1 heterocycles. The molecule has 2 rings (SSSR count). The molecule has 1 fully saturated rings. The Morgan fingerprint density at radius 2 is 2.21 bits per heavy atom. The zero-order valence-electron chi connectivity index (χ0n) is 11.8. The van der Waals surface area contributed by atoms with Crippen LogP contribution in [-0.4, -0.2) is 55.3 Å². The van der Waals surface area contributed by atoms with Crippen molar-refractivity contribution in [2.75, 3.05) is 39.7 Å². The maximum Gasteiger partial charge on any atom is 0.218 e. The summed E-state index contributed by atoms with van der Waals surface area (Å²) in [5, 5.41) is 3.00. The van der Waals surface area contributed by atoms with E-state index in [1.54, 1.807) is 13.2 Å². The minimum atomic E-state index is 0.383. The standard InChI is InChI=1S/C13H22N4O2/c1-14-11-8-13(16-12(15-11)9-18-3)19-7-6-17(2)10-4-5-10/h8,10H,4-7,9H2,1-3H3,(H,14,15,16). The van der Waals surface area contributed by atoms with Crippen LogP contribution in [0.2, 0.25) is 0 Å². The number of likely N-dealkylation sites (N-methyl/N-ethyl adjacent to an activating group) is 1. The molecule has 0 saturated heterocycles. The molecule has 19 heavy (non-hydrogen) atoms. The van der Waals surface area contributed by atoms with Gasteiger partial charge >= 0.3 is 0 Å². The fourth-order valence-corrected chi connectivity index (χ4v) is 1.86. The lowest BCUT2D eigenvalue weighted by Gasteiger charge is -2.16. The van der Waals surface area contributed by atoms with Gasteiger partial charge in [0.2, 0.25) is 5.88 Å². The van der Waals surface area contributed by atoms with E-state index in [1.807, 2.05) is 7.05 Å². The van der Waals surface area contributed by atoms with Gasteiger partial charge in [0.25, 0.3) is 0 Å². The molecule has 6 nitrogen and oxygen atoms in total. The van der Waals surface area contributed by atoms with Crippen LogP contribution in [0.25, 0.3) is 0 Å². The maximum absolute atomic E-state index is 5.70. The van der Waals surface area contributed by atoms with Crippen LogP contribution in [0.3, 0.4) is 0 Å². The van der Waals surface area contributed by atoms with Gasteiger partial charge < -0.3 is 19.7 Å². The van der Waals surface area contributed by atoms with Crippen molar-refractivity contribution in [2.45, 2.75) is 25.5 Å². The van der Waals surface area contributed by atoms with Gasteiger partial charge in [0.15, 0.2) is 5.82 Å². The molecule has 1 saturated carbocycles. The van der Waals surface area contributed by atoms with Gasteiger partial charge in [0.05, 0.1) is 0 Å². The Labute approximate surface area is 114 Å². The van der Waals surface area contributed by atoms with Crippen LogP contribution in [0.1, 0.15) is 18.7 Å². The number of aromatic nitrogens is 2. The molecule has 1 N–H and O–H groups in total. The van der Waals surface area contributed by atoms with Gasteiger partial charge in [-0.05, 0) is 19.9 Å². The van der Waals surface area contributed by atoms with Crippen LogP contribution >= 0.6 is 0 Å². The number of ether oxygens (including phenoxy) is 2. The highest BCUT2D eigenvalue weighted by Crippen LogP contribution is 2.24. The molecular formula is C13H22N4O2. The largest absolute Gasteiger partial charge is 0.476 e. The first kappa shape index (κ1) is 14.0. The van der Waals surface area contributed by atoms with E-state index in [9.17, 15) is 0 Å². The van der Waals surface area contributed by atoms with Crippen molar-refractivity contribution in [2.24, 2.45) is 0 Å². The molecule has 106 valence electrons. The Bertz CT molecular complexity index is 410. The predicted molar refractivity (Wildman–Crippen MR) is 73.4 cm³/mol. The number of nitrogens with one attached hydrogen (secondary N) is 1. The Balaban J connectivity index is 1.88. The van der Waals surface area contributed by atoms with Gasteiger partial charge in [0, 0.05) is 32.8 Å². The van der Waals surface area contributed by atoms with Gasteiger partial charge in [-0.25, -0.2) is 4.98 Å². The zero-order valence-corrected chi connectivity index (χ0v) is 11.8. The van der Waals surface area contributed by atoms with Crippen LogP contribution in [0.5, 0.6) is 5.88 Å². The Morgan fingerprint density at radius 1 is 1.42 bits per heavy atom. The predicted octanol–water partition coefficient (Wildman–Crippen LogP) is 1.14. The third-order valence-corrected chi connectivity index (χ3v) is 3.14. The van der Waals surface area contributed by atoms with E-state index in [4.69, 9.17) is 9.47 Å². The Hall–Kier alpha value is -1.40. The molecule has 0 amide bonds. The van der Waals surface area contributed by atoms with E-state index in [2.05, 4.69) is 27.2 Å². The molecule has 1 aromatic heterocycles. The van der Waals surface area contributed by atoms with Crippen molar-refractivity contribution in [3.63, 3.8) is 0 Å². The monoisotopic (exact) mass is 266 g/mol. The zero-order chi connectivity index (χ0) is 13.7. The van der Waals surface area contributed by atoms with Crippen LogP contribution in [0.15, 0.2) is 6.07 Å². The van der Waals surface area contributed by atoms with E-state index < -0.39 is 0 Å². The van der Waals surface area contributed by atoms with Crippen LogP contribution in [0, 0.1) is 0 Å². The minimum Gasteiger partial charge on any atom is -0.476 e. The summed E-state index contributed by atoms with van der Waals surface area (Å²) < 4.78 is 10.7. The number of nitrogens with zero attached hydrogens (tertiary/aromatic N) is 3. The average Bonchev–Trinajstić information content (AvgIpc) is 3.23. The quantitative estimate of drug-likeness (QED) is 0.761. The Kier molecular flexibility index (Phi) is 4.93. The molecule has 1 aromatic rings. The Morgan fingerprint density at radius 3 is 2.84 bits per heavy atom. The highest BCUT2D eigenvalue weighted by molar-refractivity contribution is 5.37. The van der Waals surface area contributed by atoms with Crippen LogP contribution in [-0.2, 0) is 11.3 Å². The second-order valence-corrected chi connectivity index (χ2v) is 4.75. The molecular weight excluding hydrogens is 244 g/mol. The molecule has 0 radical (unpaired) electrons. The molecule has 0 aliphatic heterocycles. The fraction of sp³-hybridized carbons (Fsp3) is 0.692.